The van der Waals surface area contributed by atoms with Crippen LogP contribution in [0.25, 0.3) is 0 Å². The molecule has 2 heteroatoms. The Morgan fingerprint density at radius 3 is 2.38 bits per heavy atom. The van der Waals surface area contributed by atoms with Crippen LogP contribution in [0.5, 0.6) is 0 Å². The van der Waals surface area contributed by atoms with Crippen molar-refractivity contribution >= 4 is 11.8 Å². The molecular weight excluding hydrogens is 274 g/mol. The second kappa shape index (κ2) is 8.85. The number of hydrogen-bond acceptors (Lipinski definition) is 2. The molecular formula is C19H31NS. The highest BCUT2D eigenvalue weighted by Gasteiger charge is 2.17. The smallest absolute Gasteiger partial charge is 0.0198 e. The molecule has 0 radical (unpaired) electrons. The Morgan fingerprint density at radius 1 is 1.14 bits per heavy atom. The van der Waals surface area contributed by atoms with Gasteiger partial charge in [0.15, 0.2) is 0 Å². The number of likely N-dealkylation sites (N-methyl/N-ethyl adjacent to an activating group) is 1. The van der Waals surface area contributed by atoms with Gasteiger partial charge >= 0.3 is 0 Å². The summed E-state index contributed by atoms with van der Waals surface area (Å²) in [6.07, 6.45) is 6.92. The lowest BCUT2D eigenvalue weighted by Gasteiger charge is -2.20. The molecule has 1 nitrogen and oxygen atoms in total. The van der Waals surface area contributed by atoms with E-state index < -0.39 is 0 Å². The van der Waals surface area contributed by atoms with Crippen LogP contribution in [-0.4, -0.2) is 23.6 Å². The van der Waals surface area contributed by atoms with Crippen LogP contribution in [0.4, 0.5) is 0 Å². The van der Waals surface area contributed by atoms with Crippen LogP contribution >= 0.6 is 11.8 Å². The van der Waals surface area contributed by atoms with Crippen LogP contribution in [0, 0.1) is 0 Å². The quantitative estimate of drug-likeness (QED) is 0.725. The lowest BCUT2D eigenvalue weighted by atomic mass is 9.99. The molecule has 1 aromatic rings. The van der Waals surface area contributed by atoms with E-state index in [2.05, 4.69) is 62.1 Å². The maximum atomic E-state index is 3.67. The van der Waals surface area contributed by atoms with Crippen molar-refractivity contribution in [2.75, 3.05) is 12.3 Å². The number of benzene rings is 1. The average Bonchev–Trinajstić information content (AvgIpc) is 2.99. The Balaban J connectivity index is 1.85. The van der Waals surface area contributed by atoms with Gasteiger partial charge in [0.1, 0.15) is 0 Å². The zero-order valence-corrected chi connectivity index (χ0v) is 14.7. The Morgan fingerprint density at radius 2 is 1.81 bits per heavy atom. The SMILES string of the molecule is CCNC(CSC1CCCC1)Cc1ccc(C(C)C)cc1. The summed E-state index contributed by atoms with van der Waals surface area (Å²) < 4.78 is 0. The molecule has 1 atom stereocenters. The van der Waals surface area contributed by atoms with Gasteiger partial charge in [-0.25, -0.2) is 0 Å². The molecule has 21 heavy (non-hydrogen) atoms. The summed E-state index contributed by atoms with van der Waals surface area (Å²) in [5.74, 6) is 1.88. The van der Waals surface area contributed by atoms with Crippen molar-refractivity contribution in [2.45, 2.75) is 70.1 Å². The van der Waals surface area contributed by atoms with Crippen LogP contribution in [0.3, 0.4) is 0 Å². The first kappa shape index (κ1) is 16.9. The molecule has 0 saturated heterocycles. The van der Waals surface area contributed by atoms with Gasteiger partial charge < -0.3 is 5.32 Å². The minimum absolute atomic E-state index is 0.616. The zero-order valence-electron chi connectivity index (χ0n) is 13.9. The highest BCUT2D eigenvalue weighted by atomic mass is 32.2. The molecule has 1 aliphatic rings. The van der Waals surface area contributed by atoms with Crippen LogP contribution in [-0.2, 0) is 6.42 Å². The fraction of sp³-hybridized carbons (Fsp3) is 0.684. The maximum Gasteiger partial charge on any atom is 0.0198 e. The first-order valence-electron chi connectivity index (χ1n) is 8.63. The molecule has 1 aliphatic carbocycles. The van der Waals surface area contributed by atoms with E-state index in [4.69, 9.17) is 0 Å². The van der Waals surface area contributed by atoms with E-state index in [0.717, 1.165) is 18.2 Å². The zero-order chi connectivity index (χ0) is 15.1. The van der Waals surface area contributed by atoms with Crippen LogP contribution in [0.15, 0.2) is 24.3 Å². The minimum atomic E-state index is 0.616. The predicted octanol–water partition coefficient (Wildman–Crippen LogP) is 5.01. The molecule has 1 aromatic carbocycles. The summed E-state index contributed by atoms with van der Waals surface area (Å²) in [5.41, 5.74) is 2.91. The van der Waals surface area contributed by atoms with Crippen molar-refractivity contribution < 1.29 is 0 Å². The van der Waals surface area contributed by atoms with Crippen molar-refractivity contribution in [3.8, 4) is 0 Å². The Hall–Kier alpha value is -0.470. The van der Waals surface area contributed by atoms with Crippen molar-refractivity contribution in [3.05, 3.63) is 35.4 Å². The lowest BCUT2D eigenvalue weighted by Crippen LogP contribution is -2.33. The van der Waals surface area contributed by atoms with E-state index in [9.17, 15) is 0 Å². The van der Waals surface area contributed by atoms with E-state index >= 15 is 0 Å². The van der Waals surface area contributed by atoms with E-state index in [1.165, 1.54) is 42.6 Å². The molecule has 118 valence electrons. The lowest BCUT2D eigenvalue weighted by molar-refractivity contribution is 0.571. The third-order valence-corrected chi connectivity index (χ3v) is 5.99. The molecule has 0 heterocycles. The largest absolute Gasteiger partial charge is 0.313 e. The van der Waals surface area contributed by atoms with Gasteiger partial charge in [-0.1, -0.05) is 57.9 Å². The Kier molecular flexibility index (Phi) is 7.12. The van der Waals surface area contributed by atoms with E-state index in [1.807, 2.05) is 0 Å². The molecule has 0 bridgehead atoms. The van der Waals surface area contributed by atoms with Crippen molar-refractivity contribution in [1.29, 1.82) is 0 Å². The number of rotatable bonds is 8. The van der Waals surface area contributed by atoms with Gasteiger partial charge in [0.25, 0.3) is 0 Å². The summed E-state index contributed by atoms with van der Waals surface area (Å²) in [5, 5.41) is 4.60. The van der Waals surface area contributed by atoms with Crippen molar-refractivity contribution in [2.24, 2.45) is 0 Å². The second-order valence-electron chi connectivity index (χ2n) is 6.59. The maximum absolute atomic E-state index is 3.67. The molecule has 2 rings (SSSR count). The van der Waals surface area contributed by atoms with Gasteiger partial charge in [0.05, 0.1) is 0 Å². The molecule has 0 spiro atoms. The van der Waals surface area contributed by atoms with Gasteiger partial charge in [0, 0.05) is 17.0 Å². The van der Waals surface area contributed by atoms with E-state index in [0.29, 0.717) is 12.0 Å². The van der Waals surface area contributed by atoms with Gasteiger partial charge in [0.2, 0.25) is 0 Å². The van der Waals surface area contributed by atoms with Crippen molar-refractivity contribution in [1.82, 2.24) is 5.32 Å². The third-order valence-electron chi connectivity index (χ3n) is 4.46. The Labute approximate surface area is 135 Å². The average molecular weight is 306 g/mol. The standard InChI is InChI=1S/C19H31NS/c1-4-20-18(14-21-19-7-5-6-8-19)13-16-9-11-17(12-10-16)15(2)3/h9-12,15,18-20H,4-8,13-14H2,1-3H3. The molecule has 0 aromatic heterocycles. The molecule has 1 fully saturated rings. The highest BCUT2D eigenvalue weighted by Crippen LogP contribution is 2.30. The van der Waals surface area contributed by atoms with Crippen molar-refractivity contribution in [3.63, 3.8) is 0 Å². The number of nitrogens with one attached hydrogen (secondary N) is 1. The first-order chi connectivity index (χ1) is 10.2. The highest BCUT2D eigenvalue weighted by molar-refractivity contribution is 7.99. The molecule has 0 aliphatic heterocycles. The third kappa shape index (κ3) is 5.67. The summed E-state index contributed by atoms with van der Waals surface area (Å²) in [6, 6.07) is 9.85. The van der Waals surface area contributed by atoms with Gasteiger partial charge in [-0.05, 0) is 42.9 Å². The molecule has 1 saturated carbocycles. The summed E-state index contributed by atoms with van der Waals surface area (Å²) in [7, 11) is 0. The van der Waals surface area contributed by atoms with E-state index in [1.54, 1.807) is 0 Å². The fourth-order valence-electron chi connectivity index (χ4n) is 3.11. The van der Waals surface area contributed by atoms with Gasteiger partial charge in [-0.2, -0.15) is 11.8 Å². The number of hydrogen-bond donors (Lipinski definition) is 1. The molecule has 0 amide bonds. The molecule has 1 N–H and O–H groups in total. The minimum Gasteiger partial charge on any atom is -0.313 e. The summed E-state index contributed by atoms with van der Waals surface area (Å²) >= 11 is 2.20. The Bertz CT molecular complexity index is 393. The van der Waals surface area contributed by atoms with Crippen LogP contribution < -0.4 is 5.32 Å². The predicted molar refractivity (Wildman–Crippen MR) is 96.4 cm³/mol. The van der Waals surface area contributed by atoms with Gasteiger partial charge in [-0.15, -0.1) is 0 Å². The van der Waals surface area contributed by atoms with E-state index in [-0.39, 0.29) is 0 Å². The topological polar surface area (TPSA) is 12.0 Å². The van der Waals surface area contributed by atoms with Crippen LogP contribution in [0.2, 0.25) is 0 Å². The van der Waals surface area contributed by atoms with Gasteiger partial charge in [-0.3, -0.25) is 0 Å². The first-order valence-corrected chi connectivity index (χ1v) is 9.67. The monoisotopic (exact) mass is 305 g/mol. The fourth-order valence-corrected chi connectivity index (χ4v) is 4.52. The summed E-state index contributed by atoms with van der Waals surface area (Å²) in [6.45, 7) is 7.80. The number of thioether (sulfide) groups is 1. The second-order valence-corrected chi connectivity index (χ2v) is 7.93. The normalized spacial score (nSPS) is 17.5. The van der Waals surface area contributed by atoms with Crippen LogP contribution in [0.1, 0.15) is 63.5 Å². The summed E-state index contributed by atoms with van der Waals surface area (Å²) in [4.78, 5) is 0. The molecule has 1 unspecified atom stereocenters.